The number of rotatable bonds is 3. The van der Waals surface area contributed by atoms with Crippen LogP contribution in [0.25, 0.3) is 0 Å². The fraction of sp³-hybridized carbons (Fsp3) is 0.727. The maximum Gasteiger partial charge on any atom is 0.0900 e. The molecule has 1 atom stereocenters. The first kappa shape index (κ1) is 11.0. The Hall–Kier alpha value is -0.450. The lowest BCUT2D eigenvalue weighted by molar-refractivity contribution is 0.0583. The average molecular weight is 226 g/mol. The minimum atomic E-state index is -0.0898. The second kappa shape index (κ2) is 4.20. The molecule has 0 bridgehead atoms. The number of nitrogens with one attached hydrogen (secondary N) is 1. The second-order valence-electron chi connectivity index (χ2n) is 4.38. The molecule has 84 valence electrons. The predicted octanol–water partition coefficient (Wildman–Crippen LogP) is 1.93. The largest absolute Gasteiger partial charge is 0.393 e. The van der Waals surface area contributed by atoms with Crippen LogP contribution in [0, 0.1) is 13.8 Å². The van der Waals surface area contributed by atoms with Gasteiger partial charge in [-0.2, -0.15) is 0 Å². The number of thiazole rings is 1. The van der Waals surface area contributed by atoms with Crippen molar-refractivity contribution in [2.24, 2.45) is 0 Å². The summed E-state index contributed by atoms with van der Waals surface area (Å²) in [4.78, 5) is 5.83. The molecule has 0 spiro atoms. The molecule has 2 rings (SSSR count). The van der Waals surface area contributed by atoms with Gasteiger partial charge in [-0.1, -0.05) is 0 Å². The van der Waals surface area contributed by atoms with Crippen molar-refractivity contribution in [2.75, 3.05) is 0 Å². The molecule has 1 aliphatic carbocycles. The summed E-state index contributed by atoms with van der Waals surface area (Å²) in [7, 11) is 0. The number of aromatic nitrogens is 1. The molecule has 1 heterocycles. The molecule has 0 radical (unpaired) electrons. The summed E-state index contributed by atoms with van der Waals surface area (Å²) in [5.74, 6) is 0. The molecule has 1 fully saturated rings. The van der Waals surface area contributed by atoms with Gasteiger partial charge in [0.05, 0.1) is 16.8 Å². The lowest BCUT2D eigenvalue weighted by Crippen LogP contribution is -2.45. The first-order valence-corrected chi connectivity index (χ1v) is 6.26. The van der Waals surface area contributed by atoms with Gasteiger partial charge in [-0.05, 0) is 33.6 Å². The zero-order valence-corrected chi connectivity index (χ0v) is 10.3. The van der Waals surface area contributed by atoms with E-state index in [0.717, 1.165) is 17.8 Å². The van der Waals surface area contributed by atoms with E-state index in [2.05, 4.69) is 24.1 Å². The van der Waals surface area contributed by atoms with Crippen LogP contribution in [0.3, 0.4) is 0 Å². The molecular weight excluding hydrogens is 208 g/mol. The van der Waals surface area contributed by atoms with Gasteiger partial charge in [-0.3, -0.25) is 0 Å². The van der Waals surface area contributed by atoms with Crippen molar-refractivity contribution in [3.63, 3.8) is 0 Å². The Kier molecular flexibility index (Phi) is 3.09. The van der Waals surface area contributed by atoms with Gasteiger partial charge in [-0.25, -0.2) is 4.98 Å². The normalized spacial score (nSPS) is 27.5. The van der Waals surface area contributed by atoms with E-state index in [1.807, 2.05) is 6.92 Å². The first-order chi connectivity index (χ1) is 7.06. The van der Waals surface area contributed by atoms with E-state index in [1.165, 1.54) is 10.6 Å². The molecule has 1 unspecified atom stereocenters. The molecule has 0 amide bonds. The van der Waals surface area contributed by atoms with E-state index in [4.69, 9.17) is 0 Å². The molecule has 15 heavy (non-hydrogen) atoms. The van der Waals surface area contributed by atoms with Crippen LogP contribution in [0.4, 0.5) is 0 Å². The summed E-state index contributed by atoms with van der Waals surface area (Å²) in [5.41, 5.74) is 1.17. The summed E-state index contributed by atoms with van der Waals surface area (Å²) >= 11 is 1.75. The monoisotopic (exact) mass is 226 g/mol. The van der Waals surface area contributed by atoms with Crippen LogP contribution >= 0.6 is 11.3 Å². The fourth-order valence-corrected chi connectivity index (χ4v) is 3.02. The smallest absolute Gasteiger partial charge is 0.0900 e. The van der Waals surface area contributed by atoms with Gasteiger partial charge < -0.3 is 10.4 Å². The Bertz CT molecular complexity index is 344. The van der Waals surface area contributed by atoms with Gasteiger partial charge in [0, 0.05) is 17.0 Å². The molecule has 1 aliphatic rings. The molecule has 3 nitrogen and oxygen atoms in total. The molecule has 0 aliphatic heterocycles. The molecule has 0 aromatic carbocycles. The van der Waals surface area contributed by atoms with Gasteiger partial charge in [0.25, 0.3) is 0 Å². The molecule has 4 heteroatoms. The molecule has 1 saturated carbocycles. The highest BCUT2D eigenvalue weighted by Gasteiger charge is 2.28. The zero-order chi connectivity index (χ0) is 11.0. The fourth-order valence-electron chi connectivity index (χ4n) is 2.10. The number of aryl methyl sites for hydroxylation is 2. The van der Waals surface area contributed by atoms with Crippen molar-refractivity contribution in [3.8, 4) is 0 Å². The summed E-state index contributed by atoms with van der Waals surface area (Å²) in [6.07, 6.45) is 1.67. The van der Waals surface area contributed by atoms with Crippen molar-refractivity contribution >= 4 is 11.3 Å². The van der Waals surface area contributed by atoms with Crippen LogP contribution in [0.5, 0.6) is 0 Å². The van der Waals surface area contributed by atoms with Gasteiger partial charge >= 0.3 is 0 Å². The first-order valence-electron chi connectivity index (χ1n) is 5.44. The number of hydrogen-bond donors (Lipinski definition) is 2. The summed E-state index contributed by atoms with van der Waals surface area (Å²) in [5, 5.41) is 13.8. The van der Waals surface area contributed by atoms with E-state index in [0.29, 0.717) is 12.1 Å². The van der Waals surface area contributed by atoms with Gasteiger partial charge in [0.15, 0.2) is 0 Å². The molecular formula is C11H18N2OS. The zero-order valence-electron chi connectivity index (χ0n) is 9.45. The third kappa shape index (κ3) is 2.38. The van der Waals surface area contributed by atoms with E-state index in [1.54, 1.807) is 11.3 Å². The van der Waals surface area contributed by atoms with Crippen LogP contribution in [-0.4, -0.2) is 22.2 Å². The maximum absolute atomic E-state index is 9.21. The van der Waals surface area contributed by atoms with Crippen LogP contribution < -0.4 is 5.32 Å². The van der Waals surface area contributed by atoms with E-state index >= 15 is 0 Å². The maximum atomic E-state index is 9.21. The summed E-state index contributed by atoms with van der Waals surface area (Å²) in [6.45, 7) is 6.31. The highest BCUT2D eigenvalue weighted by Crippen LogP contribution is 2.26. The number of aliphatic hydroxyl groups is 1. The van der Waals surface area contributed by atoms with Crippen LogP contribution in [0.15, 0.2) is 0 Å². The second-order valence-corrected chi connectivity index (χ2v) is 5.79. The number of aliphatic hydroxyl groups excluding tert-OH is 1. The Morgan fingerprint density at radius 1 is 1.47 bits per heavy atom. The van der Waals surface area contributed by atoms with Crippen LogP contribution in [0.1, 0.15) is 41.4 Å². The lowest BCUT2D eigenvalue weighted by atomic mass is 9.89. The summed E-state index contributed by atoms with van der Waals surface area (Å²) in [6, 6.07) is 0.767. The minimum absolute atomic E-state index is 0.0898. The van der Waals surface area contributed by atoms with Gasteiger partial charge in [0.1, 0.15) is 0 Å². The van der Waals surface area contributed by atoms with Crippen molar-refractivity contribution in [1.82, 2.24) is 10.3 Å². The van der Waals surface area contributed by atoms with Gasteiger partial charge in [0.2, 0.25) is 0 Å². The van der Waals surface area contributed by atoms with Crippen molar-refractivity contribution in [1.29, 1.82) is 0 Å². The minimum Gasteiger partial charge on any atom is -0.393 e. The van der Waals surface area contributed by atoms with Crippen LogP contribution in [-0.2, 0) is 0 Å². The molecule has 0 saturated heterocycles. The topological polar surface area (TPSA) is 45.2 Å². The Morgan fingerprint density at radius 2 is 2.13 bits per heavy atom. The Balaban J connectivity index is 1.95. The Labute approximate surface area is 94.5 Å². The van der Waals surface area contributed by atoms with E-state index in [-0.39, 0.29) is 6.10 Å². The number of hydrogen-bond acceptors (Lipinski definition) is 4. The predicted molar refractivity (Wildman–Crippen MR) is 62.2 cm³/mol. The average Bonchev–Trinajstić information content (AvgIpc) is 2.42. The SMILES string of the molecule is Cc1nc(C(C)NC2CC(O)C2)c(C)s1. The summed E-state index contributed by atoms with van der Waals surface area (Å²) < 4.78 is 0. The van der Waals surface area contributed by atoms with Gasteiger partial charge in [-0.15, -0.1) is 11.3 Å². The number of nitrogens with zero attached hydrogens (tertiary/aromatic N) is 1. The molecule has 1 aromatic heterocycles. The Morgan fingerprint density at radius 3 is 2.60 bits per heavy atom. The van der Waals surface area contributed by atoms with Crippen molar-refractivity contribution < 1.29 is 5.11 Å². The quantitative estimate of drug-likeness (QED) is 0.828. The highest BCUT2D eigenvalue weighted by molar-refractivity contribution is 7.11. The van der Waals surface area contributed by atoms with Crippen molar-refractivity contribution in [3.05, 3.63) is 15.6 Å². The third-order valence-electron chi connectivity index (χ3n) is 2.95. The third-order valence-corrected chi connectivity index (χ3v) is 3.85. The van der Waals surface area contributed by atoms with Crippen molar-refractivity contribution in [2.45, 2.75) is 51.8 Å². The lowest BCUT2D eigenvalue weighted by Gasteiger charge is -2.34. The molecule has 2 N–H and O–H groups in total. The van der Waals surface area contributed by atoms with Crippen LogP contribution in [0.2, 0.25) is 0 Å². The van der Waals surface area contributed by atoms with E-state index < -0.39 is 0 Å². The molecule has 1 aromatic rings. The highest BCUT2D eigenvalue weighted by atomic mass is 32.1. The van der Waals surface area contributed by atoms with E-state index in [9.17, 15) is 5.11 Å². The standard InChI is InChI=1S/C11H18N2OS/c1-6(12-9-4-10(14)5-9)11-7(2)15-8(3)13-11/h6,9-10,12,14H,4-5H2,1-3H3.